The number of carboxylic acid groups (broad SMARTS) is 1. The van der Waals surface area contributed by atoms with E-state index in [4.69, 9.17) is 16.7 Å². The highest BCUT2D eigenvalue weighted by atomic mass is 35.5. The van der Waals surface area contributed by atoms with Crippen molar-refractivity contribution < 1.29 is 23.4 Å². The molecule has 0 saturated heterocycles. The second-order valence-electron chi connectivity index (χ2n) is 3.95. The zero-order chi connectivity index (χ0) is 15.6. The average molecular weight is 329 g/mol. The Balaban J connectivity index is 2.43. The molecule has 110 valence electrons. The van der Waals surface area contributed by atoms with Crippen molar-refractivity contribution in [3.63, 3.8) is 0 Å². The lowest BCUT2D eigenvalue weighted by atomic mass is 10.2. The Morgan fingerprint density at radius 2 is 2.00 bits per heavy atom. The number of nitrogens with one attached hydrogen (secondary N) is 1. The number of phenols is 1. The Hall–Kier alpha value is -2.32. The summed E-state index contributed by atoms with van der Waals surface area (Å²) in [5.74, 6) is -1.97. The highest BCUT2D eigenvalue weighted by Crippen LogP contribution is 2.25. The van der Waals surface area contributed by atoms with Crippen LogP contribution in [0.15, 0.2) is 41.6 Å². The van der Waals surface area contributed by atoms with Crippen LogP contribution in [0.4, 0.5) is 5.69 Å². The van der Waals surface area contributed by atoms with Crippen molar-refractivity contribution in [3.8, 4) is 5.75 Å². The predicted octanol–water partition coefficient (Wildman–Crippen LogP) is 1.94. The molecule has 9 heteroatoms. The van der Waals surface area contributed by atoms with E-state index in [2.05, 4.69) is 9.71 Å². The summed E-state index contributed by atoms with van der Waals surface area (Å²) in [6, 6.07) is 4.32. The van der Waals surface area contributed by atoms with Gasteiger partial charge in [-0.15, -0.1) is 0 Å². The van der Waals surface area contributed by atoms with Gasteiger partial charge in [-0.3, -0.25) is 9.71 Å². The molecule has 3 N–H and O–H groups in total. The number of aromatic hydroxyl groups is 1. The van der Waals surface area contributed by atoms with Crippen molar-refractivity contribution in [2.75, 3.05) is 4.72 Å². The van der Waals surface area contributed by atoms with E-state index in [1.807, 2.05) is 0 Å². The number of carboxylic acids is 1. The van der Waals surface area contributed by atoms with Crippen LogP contribution in [0.2, 0.25) is 5.02 Å². The molecule has 0 spiro atoms. The number of anilines is 1. The molecule has 1 heterocycles. The lowest BCUT2D eigenvalue weighted by Crippen LogP contribution is -2.14. The molecule has 0 saturated carbocycles. The summed E-state index contributed by atoms with van der Waals surface area (Å²) in [4.78, 5) is 14.3. The molecule has 0 fully saturated rings. The van der Waals surface area contributed by atoms with Crippen LogP contribution in [0.3, 0.4) is 0 Å². The van der Waals surface area contributed by atoms with Crippen LogP contribution < -0.4 is 4.72 Å². The van der Waals surface area contributed by atoms with Crippen LogP contribution in [-0.4, -0.2) is 29.6 Å². The number of hydrogen-bond donors (Lipinski definition) is 3. The Kier molecular flexibility index (Phi) is 4.01. The first-order chi connectivity index (χ1) is 9.81. The maximum atomic E-state index is 12.2. The van der Waals surface area contributed by atoms with Gasteiger partial charge < -0.3 is 10.2 Å². The number of halogens is 1. The maximum absolute atomic E-state index is 12.2. The minimum Gasteiger partial charge on any atom is -0.507 e. The van der Waals surface area contributed by atoms with Crippen molar-refractivity contribution in [1.82, 2.24) is 4.98 Å². The van der Waals surface area contributed by atoms with Gasteiger partial charge in [-0.25, -0.2) is 13.2 Å². The number of sulfonamides is 1. The van der Waals surface area contributed by atoms with Crippen molar-refractivity contribution in [1.29, 1.82) is 0 Å². The van der Waals surface area contributed by atoms with Crippen LogP contribution >= 0.6 is 11.6 Å². The molecule has 0 aliphatic heterocycles. The average Bonchev–Trinajstić information content (AvgIpc) is 2.41. The smallest absolute Gasteiger partial charge is 0.339 e. The highest BCUT2D eigenvalue weighted by molar-refractivity contribution is 7.92. The van der Waals surface area contributed by atoms with E-state index < -0.39 is 27.3 Å². The van der Waals surface area contributed by atoms with Gasteiger partial charge >= 0.3 is 5.97 Å². The summed E-state index contributed by atoms with van der Waals surface area (Å²) >= 11 is 5.82. The van der Waals surface area contributed by atoms with Crippen LogP contribution in [0.5, 0.6) is 5.75 Å². The summed E-state index contributed by atoms with van der Waals surface area (Å²) in [6.45, 7) is 0. The maximum Gasteiger partial charge on any atom is 0.339 e. The summed E-state index contributed by atoms with van der Waals surface area (Å²) in [6.07, 6.45) is 2.61. The van der Waals surface area contributed by atoms with Gasteiger partial charge in [-0.1, -0.05) is 11.6 Å². The fourth-order valence-corrected chi connectivity index (χ4v) is 2.81. The molecule has 0 aliphatic carbocycles. The molecule has 2 aromatic rings. The Bertz CT molecular complexity index is 807. The number of pyridine rings is 1. The Morgan fingerprint density at radius 1 is 1.29 bits per heavy atom. The molecular weight excluding hydrogens is 320 g/mol. The number of carbonyl (C=O) groups is 1. The molecule has 0 unspecified atom stereocenters. The van der Waals surface area contributed by atoms with Gasteiger partial charge in [0.25, 0.3) is 10.0 Å². The molecule has 0 atom stereocenters. The molecular formula is C12H9ClN2O5S. The summed E-state index contributed by atoms with van der Waals surface area (Å²) in [5.41, 5.74) is -0.459. The minimum absolute atomic E-state index is 0.0594. The molecule has 1 aromatic heterocycles. The van der Waals surface area contributed by atoms with Gasteiger partial charge in [0.2, 0.25) is 0 Å². The lowest BCUT2D eigenvalue weighted by Gasteiger charge is -2.10. The fraction of sp³-hybridized carbons (Fsp3) is 0. The first-order valence-electron chi connectivity index (χ1n) is 5.50. The molecule has 21 heavy (non-hydrogen) atoms. The van der Waals surface area contributed by atoms with Crippen molar-refractivity contribution >= 4 is 33.3 Å². The SMILES string of the molecule is O=C(O)c1cc(S(=O)(=O)Nc2cnccc2Cl)ccc1O. The molecule has 1 aromatic carbocycles. The van der Waals surface area contributed by atoms with E-state index in [1.165, 1.54) is 18.5 Å². The fourth-order valence-electron chi connectivity index (χ4n) is 1.51. The van der Waals surface area contributed by atoms with E-state index >= 15 is 0 Å². The third-order valence-electron chi connectivity index (χ3n) is 2.52. The zero-order valence-electron chi connectivity index (χ0n) is 10.3. The number of hydrogen-bond acceptors (Lipinski definition) is 5. The number of aromatic carboxylic acids is 1. The highest BCUT2D eigenvalue weighted by Gasteiger charge is 2.19. The van der Waals surface area contributed by atoms with Gasteiger partial charge in [0.05, 0.1) is 21.8 Å². The van der Waals surface area contributed by atoms with Crippen LogP contribution in [0, 0.1) is 0 Å². The Morgan fingerprint density at radius 3 is 2.62 bits per heavy atom. The number of benzene rings is 1. The van der Waals surface area contributed by atoms with Gasteiger partial charge in [0.1, 0.15) is 11.3 Å². The zero-order valence-corrected chi connectivity index (χ0v) is 11.9. The van der Waals surface area contributed by atoms with E-state index in [0.29, 0.717) is 0 Å². The standard InChI is InChI=1S/C12H9ClN2O5S/c13-9-3-4-14-6-10(9)15-21(19,20)7-1-2-11(16)8(5-7)12(17)18/h1-6,15-16H,(H,17,18). The number of aromatic nitrogens is 1. The Labute approximate surface area is 124 Å². The first-order valence-corrected chi connectivity index (χ1v) is 7.36. The number of nitrogens with zero attached hydrogens (tertiary/aromatic N) is 1. The molecule has 0 amide bonds. The van der Waals surface area contributed by atoms with Crippen molar-refractivity contribution in [2.24, 2.45) is 0 Å². The summed E-state index contributed by atoms with van der Waals surface area (Å²) in [7, 11) is -4.06. The van der Waals surface area contributed by atoms with Crippen molar-refractivity contribution in [3.05, 3.63) is 47.2 Å². The largest absolute Gasteiger partial charge is 0.507 e. The minimum atomic E-state index is -4.06. The van der Waals surface area contributed by atoms with Gasteiger partial charge in [-0.2, -0.15) is 0 Å². The van der Waals surface area contributed by atoms with E-state index in [0.717, 1.165) is 18.2 Å². The van der Waals surface area contributed by atoms with Crippen LogP contribution in [0.25, 0.3) is 0 Å². The summed E-state index contributed by atoms with van der Waals surface area (Å²) < 4.78 is 26.5. The van der Waals surface area contributed by atoms with Gasteiger partial charge in [-0.05, 0) is 24.3 Å². The number of rotatable bonds is 4. The van der Waals surface area contributed by atoms with E-state index in [1.54, 1.807) is 0 Å². The van der Waals surface area contributed by atoms with E-state index in [9.17, 15) is 18.3 Å². The molecule has 0 aliphatic rings. The predicted molar refractivity (Wildman–Crippen MR) is 75.1 cm³/mol. The third-order valence-corrected chi connectivity index (χ3v) is 4.21. The topological polar surface area (TPSA) is 117 Å². The van der Waals surface area contributed by atoms with E-state index in [-0.39, 0.29) is 15.6 Å². The van der Waals surface area contributed by atoms with Crippen LogP contribution in [0.1, 0.15) is 10.4 Å². The molecule has 0 radical (unpaired) electrons. The van der Waals surface area contributed by atoms with Gasteiger partial charge in [0, 0.05) is 6.20 Å². The van der Waals surface area contributed by atoms with Crippen LogP contribution in [-0.2, 0) is 10.0 Å². The second kappa shape index (κ2) is 5.58. The first kappa shape index (κ1) is 15.1. The normalized spacial score (nSPS) is 11.1. The molecule has 0 bridgehead atoms. The molecule has 7 nitrogen and oxygen atoms in total. The monoisotopic (exact) mass is 328 g/mol. The summed E-state index contributed by atoms with van der Waals surface area (Å²) in [5, 5.41) is 18.4. The third kappa shape index (κ3) is 3.23. The second-order valence-corrected chi connectivity index (χ2v) is 6.03. The lowest BCUT2D eigenvalue weighted by molar-refractivity contribution is 0.0693. The quantitative estimate of drug-likeness (QED) is 0.789. The molecule has 2 rings (SSSR count). The van der Waals surface area contributed by atoms with Crippen molar-refractivity contribution in [2.45, 2.75) is 4.90 Å². The van der Waals surface area contributed by atoms with Gasteiger partial charge in [0.15, 0.2) is 0 Å².